The first-order valence-corrected chi connectivity index (χ1v) is 2.10. The predicted molar refractivity (Wildman–Crippen MR) is 32.4 cm³/mol. The molecule has 0 aromatic carbocycles. The quantitative estimate of drug-likeness (QED) is 0.250. The molecule has 0 bridgehead atoms. The van der Waals surface area contributed by atoms with Gasteiger partial charge in [-0.05, 0) is 0 Å². The molecule has 2 N–H and O–H groups in total. The van der Waals surface area contributed by atoms with E-state index in [1.807, 2.05) is 0 Å². The van der Waals surface area contributed by atoms with Crippen LogP contribution in [-0.2, 0) is 10.4 Å². The molecule has 0 aromatic heterocycles. The van der Waals surface area contributed by atoms with Crippen molar-refractivity contribution in [3.63, 3.8) is 0 Å². The van der Waals surface area contributed by atoms with E-state index in [0.29, 0.717) is 0 Å². The van der Waals surface area contributed by atoms with Crippen molar-refractivity contribution in [1.29, 1.82) is 0 Å². The van der Waals surface area contributed by atoms with Crippen LogP contribution in [0, 0.1) is 0 Å². The molecule has 4 nitrogen and oxygen atoms in total. The molecule has 0 radical (unpaired) electrons. The molecule has 0 heterocycles. The minimum absolute atomic E-state index is 0. The molecule has 0 aromatic rings. The standard InChI is InChI=1S/Li.H2O4S.H3P.H/c;1-5(2,3)4;;/h;(H2,1,2,3,4);1H3;. The van der Waals surface area contributed by atoms with E-state index < -0.39 is 10.4 Å². The summed E-state index contributed by atoms with van der Waals surface area (Å²) in [6, 6.07) is 0. The molecule has 0 rings (SSSR count). The SMILES string of the molecule is O=S(=O)(O)O.P.[LiH]. The first kappa shape index (κ1) is 15.7. The molecular weight excluding hydrogens is 134 g/mol. The maximum absolute atomic E-state index is 8.74. The van der Waals surface area contributed by atoms with Crippen molar-refractivity contribution in [1.82, 2.24) is 0 Å². The summed E-state index contributed by atoms with van der Waals surface area (Å²) in [6.45, 7) is 0. The Bertz CT molecular complexity index is 94.9. The number of hydrogen-bond donors (Lipinski definition) is 2. The van der Waals surface area contributed by atoms with Crippen LogP contribution < -0.4 is 0 Å². The molecule has 0 aliphatic rings. The summed E-state index contributed by atoms with van der Waals surface area (Å²) in [5.74, 6) is 0. The van der Waals surface area contributed by atoms with Gasteiger partial charge in [0.25, 0.3) is 0 Å². The Morgan fingerprint density at radius 2 is 1.14 bits per heavy atom. The third kappa shape index (κ3) is 205. The zero-order valence-corrected chi connectivity index (χ0v) is 5.06. The van der Waals surface area contributed by atoms with Gasteiger partial charge in [-0.25, -0.2) is 0 Å². The molecule has 0 aliphatic heterocycles. The van der Waals surface area contributed by atoms with Crippen LogP contribution in [-0.4, -0.2) is 36.4 Å². The summed E-state index contributed by atoms with van der Waals surface area (Å²) in [6.07, 6.45) is 0. The summed E-state index contributed by atoms with van der Waals surface area (Å²) in [7, 11) is -4.67. The van der Waals surface area contributed by atoms with E-state index in [-0.39, 0.29) is 28.8 Å². The number of hydrogen-bond acceptors (Lipinski definition) is 2. The zero-order valence-electron chi connectivity index (χ0n) is 2.83. The molecule has 0 saturated carbocycles. The van der Waals surface area contributed by atoms with Crippen LogP contribution in [0.3, 0.4) is 0 Å². The third-order valence-electron chi connectivity index (χ3n) is 0. The average molecular weight is 140 g/mol. The molecule has 0 aliphatic carbocycles. The Hall–Kier alpha value is 0.897. The van der Waals surface area contributed by atoms with Crippen LogP contribution >= 0.6 is 9.90 Å². The van der Waals surface area contributed by atoms with E-state index in [2.05, 4.69) is 0 Å². The Labute approximate surface area is 57.1 Å². The molecule has 7 heavy (non-hydrogen) atoms. The summed E-state index contributed by atoms with van der Waals surface area (Å²) in [5, 5.41) is 0. The number of rotatable bonds is 0. The Balaban J connectivity index is -0.0000000800. The van der Waals surface area contributed by atoms with Gasteiger partial charge in [0.05, 0.1) is 0 Å². The van der Waals surface area contributed by atoms with Crippen LogP contribution in [0.25, 0.3) is 0 Å². The Morgan fingerprint density at radius 1 is 1.14 bits per heavy atom. The Kier molecular flexibility index (Phi) is 11.3. The third-order valence-corrected chi connectivity index (χ3v) is 0. The normalized spacial score (nSPS) is 8.29. The van der Waals surface area contributed by atoms with Gasteiger partial charge in [-0.15, -0.1) is 0 Å². The van der Waals surface area contributed by atoms with Gasteiger partial charge in [-0.2, -0.15) is 18.3 Å². The monoisotopic (exact) mass is 140 g/mol. The summed E-state index contributed by atoms with van der Waals surface area (Å²) in [5.41, 5.74) is 0. The molecular formula is H6LiO4PS. The summed E-state index contributed by atoms with van der Waals surface area (Å²) in [4.78, 5) is 0. The van der Waals surface area contributed by atoms with Crippen LogP contribution in [0.2, 0.25) is 0 Å². The van der Waals surface area contributed by atoms with Gasteiger partial charge in [-0.1, -0.05) is 0 Å². The van der Waals surface area contributed by atoms with Crippen LogP contribution in [0.15, 0.2) is 0 Å². The van der Waals surface area contributed by atoms with Crippen LogP contribution in [0.1, 0.15) is 0 Å². The first-order valence-electron chi connectivity index (χ1n) is 0.698. The maximum atomic E-state index is 8.74. The second kappa shape index (κ2) is 5.04. The van der Waals surface area contributed by atoms with E-state index in [1.165, 1.54) is 0 Å². The van der Waals surface area contributed by atoms with E-state index in [0.717, 1.165) is 0 Å². The van der Waals surface area contributed by atoms with Gasteiger partial charge in [-0.3, -0.25) is 9.11 Å². The van der Waals surface area contributed by atoms with Crippen molar-refractivity contribution in [2.45, 2.75) is 0 Å². The van der Waals surface area contributed by atoms with Gasteiger partial charge in [0.2, 0.25) is 0 Å². The van der Waals surface area contributed by atoms with Crippen molar-refractivity contribution < 1.29 is 17.5 Å². The van der Waals surface area contributed by atoms with Gasteiger partial charge >= 0.3 is 29.3 Å². The van der Waals surface area contributed by atoms with E-state index >= 15 is 0 Å². The zero-order chi connectivity index (χ0) is 4.50. The van der Waals surface area contributed by atoms with E-state index in [1.54, 1.807) is 0 Å². The average Bonchev–Trinajstić information content (AvgIpc) is 0.722. The van der Waals surface area contributed by atoms with Crippen LogP contribution in [0.5, 0.6) is 0 Å². The molecule has 7 heteroatoms. The second-order valence-electron chi connectivity index (χ2n) is 0.448. The van der Waals surface area contributed by atoms with Gasteiger partial charge in [0.1, 0.15) is 0 Å². The molecule has 0 fully saturated rings. The van der Waals surface area contributed by atoms with Crippen molar-refractivity contribution in [2.75, 3.05) is 0 Å². The Morgan fingerprint density at radius 3 is 1.14 bits per heavy atom. The molecule has 1 atom stereocenters. The fraction of sp³-hybridized carbons (Fsp3) is 0. The van der Waals surface area contributed by atoms with Crippen LogP contribution in [0.4, 0.5) is 0 Å². The van der Waals surface area contributed by atoms with Gasteiger partial charge in [0.15, 0.2) is 0 Å². The predicted octanol–water partition coefficient (Wildman–Crippen LogP) is -1.24. The van der Waals surface area contributed by atoms with Crippen molar-refractivity contribution >= 4 is 39.2 Å². The minimum atomic E-state index is -4.67. The van der Waals surface area contributed by atoms with E-state index in [4.69, 9.17) is 17.5 Å². The van der Waals surface area contributed by atoms with Gasteiger partial charge < -0.3 is 0 Å². The van der Waals surface area contributed by atoms with Crippen molar-refractivity contribution in [2.24, 2.45) is 0 Å². The first-order chi connectivity index (χ1) is 2.00. The van der Waals surface area contributed by atoms with Crippen molar-refractivity contribution in [3.8, 4) is 0 Å². The molecule has 1 unspecified atom stereocenters. The summed E-state index contributed by atoms with van der Waals surface area (Å²) >= 11 is 0. The topological polar surface area (TPSA) is 74.6 Å². The summed E-state index contributed by atoms with van der Waals surface area (Å²) < 4.78 is 31.6. The molecule has 42 valence electrons. The molecule has 0 amide bonds. The second-order valence-corrected chi connectivity index (χ2v) is 1.34. The molecule has 0 saturated heterocycles. The fourth-order valence-electron chi connectivity index (χ4n) is 0. The van der Waals surface area contributed by atoms with E-state index in [9.17, 15) is 0 Å². The van der Waals surface area contributed by atoms with Gasteiger partial charge in [0, 0.05) is 0 Å². The fourth-order valence-corrected chi connectivity index (χ4v) is 0. The molecule has 0 spiro atoms. The van der Waals surface area contributed by atoms with Crippen molar-refractivity contribution in [3.05, 3.63) is 0 Å².